The van der Waals surface area contributed by atoms with Crippen molar-refractivity contribution in [1.29, 1.82) is 0 Å². The molecule has 0 bridgehead atoms. The summed E-state index contributed by atoms with van der Waals surface area (Å²) in [6, 6.07) is 0. The molecule has 1 aliphatic heterocycles. The molecule has 0 aromatic carbocycles. The van der Waals surface area contributed by atoms with Crippen molar-refractivity contribution in [3.8, 4) is 0 Å². The molecule has 5 nitrogen and oxygen atoms in total. The summed E-state index contributed by atoms with van der Waals surface area (Å²) in [5.74, 6) is -0.934. The number of hydrogen-bond donors (Lipinski definition) is 1. The number of piperidine rings is 1. The summed E-state index contributed by atoms with van der Waals surface area (Å²) in [5, 5.41) is 8.78. The predicted molar refractivity (Wildman–Crippen MR) is 72.0 cm³/mol. The molecular formula is C14H23NO4. The maximum atomic E-state index is 12.1. The standard InChI is InChI=1S/C14H23NO4/c1-13(2,3)19-12(18)15-7-6-10(8-11(16)17)9-14(15,4)5/h8H,6-7,9H2,1-5H3,(H,16,17)/b10-8-. The number of likely N-dealkylation sites (tertiary alicyclic amines) is 1. The van der Waals surface area contributed by atoms with Crippen molar-refractivity contribution in [2.75, 3.05) is 6.54 Å². The largest absolute Gasteiger partial charge is 0.478 e. The molecule has 0 spiro atoms. The van der Waals surface area contributed by atoms with Crippen molar-refractivity contribution in [3.63, 3.8) is 0 Å². The molecular weight excluding hydrogens is 246 g/mol. The lowest BCUT2D eigenvalue weighted by molar-refractivity contribution is -0.131. The smallest absolute Gasteiger partial charge is 0.410 e. The lowest BCUT2D eigenvalue weighted by Gasteiger charge is -2.43. The van der Waals surface area contributed by atoms with Crippen molar-refractivity contribution in [3.05, 3.63) is 11.6 Å². The number of aliphatic carboxylic acids is 1. The third-order valence-electron chi connectivity index (χ3n) is 2.99. The van der Waals surface area contributed by atoms with Gasteiger partial charge in [-0.05, 0) is 47.5 Å². The van der Waals surface area contributed by atoms with Crippen LogP contribution in [-0.2, 0) is 9.53 Å². The number of carbonyl (C=O) groups is 2. The van der Waals surface area contributed by atoms with Gasteiger partial charge in [-0.1, -0.05) is 5.57 Å². The molecule has 1 saturated heterocycles. The molecule has 5 heteroatoms. The van der Waals surface area contributed by atoms with Gasteiger partial charge < -0.3 is 14.7 Å². The van der Waals surface area contributed by atoms with E-state index in [1.165, 1.54) is 6.08 Å². The first-order valence-corrected chi connectivity index (χ1v) is 6.44. The molecule has 108 valence electrons. The zero-order valence-electron chi connectivity index (χ0n) is 12.3. The highest BCUT2D eigenvalue weighted by molar-refractivity contribution is 5.81. The minimum atomic E-state index is -0.934. The second-order valence-corrected chi connectivity index (χ2v) is 6.51. The first-order chi connectivity index (χ1) is 8.51. The first kappa shape index (κ1) is 15.5. The lowest BCUT2D eigenvalue weighted by Crippen LogP contribution is -2.52. The zero-order valence-corrected chi connectivity index (χ0v) is 12.3. The van der Waals surface area contributed by atoms with Crippen molar-refractivity contribution >= 4 is 12.1 Å². The Labute approximate surface area is 114 Å². The number of ether oxygens (including phenoxy) is 1. The summed E-state index contributed by atoms with van der Waals surface area (Å²) < 4.78 is 5.38. The Morgan fingerprint density at radius 3 is 2.37 bits per heavy atom. The van der Waals surface area contributed by atoms with Gasteiger partial charge >= 0.3 is 12.1 Å². The Hall–Kier alpha value is -1.52. The van der Waals surface area contributed by atoms with Crippen LogP contribution in [0.5, 0.6) is 0 Å². The molecule has 0 radical (unpaired) electrons. The molecule has 0 atom stereocenters. The summed E-state index contributed by atoms with van der Waals surface area (Å²) >= 11 is 0. The molecule has 1 aliphatic rings. The minimum absolute atomic E-state index is 0.341. The van der Waals surface area contributed by atoms with Gasteiger partial charge in [-0.2, -0.15) is 0 Å². The number of nitrogens with zero attached hydrogens (tertiary/aromatic N) is 1. The van der Waals surface area contributed by atoms with E-state index in [-0.39, 0.29) is 6.09 Å². The van der Waals surface area contributed by atoms with Crippen molar-refractivity contribution < 1.29 is 19.4 Å². The Morgan fingerprint density at radius 2 is 1.95 bits per heavy atom. The Kier molecular flexibility index (Phi) is 4.28. The Bertz CT molecular complexity index is 404. The molecule has 1 rings (SSSR count). The second-order valence-electron chi connectivity index (χ2n) is 6.51. The summed E-state index contributed by atoms with van der Waals surface area (Å²) in [6.07, 6.45) is 2.04. The van der Waals surface area contributed by atoms with Crippen LogP contribution in [0.1, 0.15) is 47.5 Å². The van der Waals surface area contributed by atoms with Crippen LogP contribution in [0.4, 0.5) is 4.79 Å². The normalized spacial score (nSPS) is 21.3. The van der Waals surface area contributed by atoms with Gasteiger partial charge in [0.2, 0.25) is 0 Å². The van der Waals surface area contributed by atoms with E-state index in [0.29, 0.717) is 19.4 Å². The number of carboxylic acids is 1. The summed E-state index contributed by atoms with van der Waals surface area (Å²) in [7, 11) is 0. The highest BCUT2D eigenvalue weighted by Gasteiger charge is 2.37. The van der Waals surface area contributed by atoms with Crippen LogP contribution in [0, 0.1) is 0 Å². The quantitative estimate of drug-likeness (QED) is 0.743. The predicted octanol–water partition coefficient (Wildman–Crippen LogP) is 2.81. The second kappa shape index (κ2) is 5.23. The molecule has 0 aromatic rings. The Balaban J connectivity index is 2.79. The molecule has 0 aliphatic carbocycles. The number of hydrogen-bond acceptors (Lipinski definition) is 3. The van der Waals surface area contributed by atoms with Crippen LogP contribution >= 0.6 is 0 Å². The molecule has 0 unspecified atom stereocenters. The van der Waals surface area contributed by atoms with E-state index in [4.69, 9.17) is 9.84 Å². The third-order valence-corrected chi connectivity index (χ3v) is 2.99. The van der Waals surface area contributed by atoms with Crippen molar-refractivity contribution in [2.45, 2.75) is 58.6 Å². The van der Waals surface area contributed by atoms with Gasteiger partial charge in [0.15, 0.2) is 0 Å². The van der Waals surface area contributed by atoms with E-state index in [1.54, 1.807) is 4.90 Å². The van der Waals surface area contributed by atoms with Crippen LogP contribution in [0.15, 0.2) is 11.6 Å². The van der Waals surface area contributed by atoms with E-state index in [9.17, 15) is 9.59 Å². The highest BCUT2D eigenvalue weighted by atomic mass is 16.6. The molecule has 19 heavy (non-hydrogen) atoms. The number of rotatable bonds is 1. The van der Waals surface area contributed by atoms with Gasteiger partial charge in [0, 0.05) is 18.2 Å². The van der Waals surface area contributed by atoms with Crippen molar-refractivity contribution in [1.82, 2.24) is 4.90 Å². The third kappa shape index (κ3) is 4.58. The minimum Gasteiger partial charge on any atom is -0.478 e. The van der Waals surface area contributed by atoms with Gasteiger partial charge in [-0.3, -0.25) is 0 Å². The SMILES string of the molecule is CC(C)(C)OC(=O)N1CC/C(=C/C(=O)O)CC1(C)C. The van der Waals surface area contributed by atoms with E-state index in [1.807, 2.05) is 34.6 Å². The zero-order chi connectivity index (χ0) is 14.8. The molecule has 1 fully saturated rings. The maximum Gasteiger partial charge on any atom is 0.410 e. The number of carboxylic acid groups (broad SMARTS) is 1. The van der Waals surface area contributed by atoms with Crippen LogP contribution in [0.25, 0.3) is 0 Å². The average Bonchev–Trinajstić information content (AvgIpc) is 2.11. The van der Waals surface area contributed by atoms with Crippen LogP contribution in [0.2, 0.25) is 0 Å². The van der Waals surface area contributed by atoms with Crippen LogP contribution in [-0.4, -0.2) is 39.8 Å². The van der Waals surface area contributed by atoms with E-state index < -0.39 is 17.1 Å². The summed E-state index contributed by atoms with van der Waals surface area (Å²) in [6.45, 7) is 9.82. The molecule has 0 aromatic heterocycles. The van der Waals surface area contributed by atoms with E-state index in [2.05, 4.69) is 0 Å². The van der Waals surface area contributed by atoms with Crippen LogP contribution in [0.3, 0.4) is 0 Å². The van der Waals surface area contributed by atoms with Gasteiger partial charge in [0.25, 0.3) is 0 Å². The molecule has 0 saturated carbocycles. The van der Waals surface area contributed by atoms with Gasteiger partial charge in [-0.15, -0.1) is 0 Å². The fourth-order valence-corrected chi connectivity index (χ4v) is 2.25. The fourth-order valence-electron chi connectivity index (χ4n) is 2.25. The van der Waals surface area contributed by atoms with Gasteiger partial charge in [0.1, 0.15) is 5.60 Å². The monoisotopic (exact) mass is 269 g/mol. The summed E-state index contributed by atoms with van der Waals surface area (Å²) in [5.41, 5.74) is -0.0936. The fraction of sp³-hybridized carbons (Fsp3) is 0.714. The topological polar surface area (TPSA) is 66.8 Å². The first-order valence-electron chi connectivity index (χ1n) is 6.44. The van der Waals surface area contributed by atoms with Crippen molar-refractivity contribution in [2.24, 2.45) is 0 Å². The summed E-state index contributed by atoms with van der Waals surface area (Å²) in [4.78, 5) is 24.5. The average molecular weight is 269 g/mol. The Morgan fingerprint density at radius 1 is 1.37 bits per heavy atom. The van der Waals surface area contributed by atoms with E-state index >= 15 is 0 Å². The molecule has 1 N–H and O–H groups in total. The maximum absolute atomic E-state index is 12.1. The highest BCUT2D eigenvalue weighted by Crippen LogP contribution is 2.32. The van der Waals surface area contributed by atoms with E-state index in [0.717, 1.165) is 5.57 Å². The number of carbonyl (C=O) groups excluding carboxylic acids is 1. The van der Waals surface area contributed by atoms with Crippen LogP contribution < -0.4 is 0 Å². The lowest BCUT2D eigenvalue weighted by atomic mass is 9.87. The van der Waals surface area contributed by atoms with Gasteiger partial charge in [-0.25, -0.2) is 9.59 Å². The number of amides is 1. The molecule has 1 heterocycles. The van der Waals surface area contributed by atoms with Gasteiger partial charge in [0.05, 0.1) is 0 Å². The molecule has 1 amide bonds.